The highest BCUT2D eigenvalue weighted by atomic mass is 32.1. The monoisotopic (exact) mass is 439 g/mol. The zero-order chi connectivity index (χ0) is 22.0. The number of hydrogen-bond donors (Lipinski definition) is 1. The molecule has 0 saturated carbocycles. The zero-order valence-corrected chi connectivity index (χ0v) is 18.5. The quantitative estimate of drug-likeness (QED) is 0.616. The van der Waals surface area contributed by atoms with Gasteiger partial charge in [0, 0.05) is 19.5 Å². The minimum Gasteiger partial charge on any atom is -0.451 e. The SMILES string of the molecule is Cc1ccc(CNC(=O)COC(=O)c2sc3nc4n(c(=O)c3c2C)CCCCC4)cc1. The molecule has 0 bridgehead atoms. The van der Waals surface area contributed by atoms with Crippen molar-refractivity contribution in [2.75, 3.05) is 6.61 Å². The number of aryl methyl sites for hydroxylation is 3. The molecule has 0 spiro atoms. The Labute approximate surface area is 184 Å². The molecule has 3 heterocycles. The summed E-state index contributed by atoms with van der Waals surface area (Å²) in [6.07, 6.45) is 3.81. The molecule has 0 saturated heterocycles. The number of hydrogen-bond acceptors (Lipinski definition) is 6. The number of nitrogens with one attached hydrogen (secondary N) is 1. The van der Waals surface area contributed by atoms with E-state index in [1.54, 1.807) is 11.5 Å². The van der Waals surface area contributed by atoms with Gasteiger partial charge in [0.05, 0.1) is 5.39 Å². The van der Waals surface area contributed by atoms with Gasteiger partial charge in [0.25, 0.3) is 11.5 Å². The topological polar surface area (TPSA) is 90.3 Å². The number of aromatic nitrogens is 2. The van der Waals surface area contributed by atoms with Gasteiger partial charge in [-0.05, 0) is 37.8 Å². The number of thiophene rings is 1. The standard InChI is InChI=1S/C23H25N3O4S/c1-14-7-9-16(10-8-14)12-24-18(27)13-30-23(29)20-15(2)19-21(31-20)25-17-6-4-3-5-11-26(17)22(19)28/h7-10H,3-6,11-13H2,1-2H3,(H,24,27). The smallest absolute Gasteiger partial charge is 0.349 e. The van der Waals surface area contributed by atoms with Crippen molar-refractivity contribution in [2.24, 2.45) is 0 Å². The highest BCUT2D eigenvalue weighted by molar-refractivity contribution is 7.20. The van der Waals surface area contributed by atoms with Crippen molar-refractivity contribution in [3.05, 3.63) is 62.0 Å². The van der Waals surface area contributed by atoms with Crippen molar-refractivity contribution in [2.45, 2.75) is 52.6 Å². The average molecular weight is 440 g/mol. The van der Waals surface area contributed by atoms with Crippen molar-refractivity contribution in [3.63, 3.8) is 0 Å². The predicted molar refractivity (Wildman–Crippen MR) is 119 cm³/mol. The summed E-state index contributed by atoms with van der Waals surface area (Å²) in [6, 6.07) is 7.83. The predicted octanol–water partition coefficient (Wildman–Crippen LogP) is 3.27. The highest BCUT2D eigenvalue weighted by Gasteiger charge is 2.23. The molecule has 4 rings (SSSR count). The Hall–Kier alpha value is -3.00. The first kappa shape index (κ1) is 21.2. The third kappa shape index (κ3) is 4.54. The summed E-state index contributed by atoms with van der Waals surface area (Å²) >= 11 is 1.16. The summed E-state index contributed by atoms with van der Waals surface area (Å²) in [6.45, 7) is 4.39. The van der Waals surface area contributed by atoms with E-state index < -0.39 is 5.97 Å². The number of esters is 1. The van der Waals surface area contributed by atoms with Crippen molar-refractivity contribution in [3.8, 4) is 0 Å². The van der Waals surface area contributed by atoms with E-state index in [-0.39, 0.29) is 18.1 Å². The Kier molecular flexibility index (Phi) is 6.18. The molecule has 0 unspecified atom stereocenters. The van der Waals surface area contributed by atoms with Gasteiger partial charge in [-0.25, -0.2) is 9.78 Å². The largest absolute Gasteiger partial charge is 0.451 e. The van der Waals surface area contributed by atoms with Gasteiger partial charge in [0.1, 0.15) is 15.5 Å². The first-order valence-electron chi connectivity index (χ1n) is 10.5. The molecule has 7 nitrogen and oxygen atoms in total. The molecule has 1 aliphatic rings. The number of rotatable bonds is 5. The van der Waals surface area contributed by atoms with Gasteiger partial charge >= 0.3 is 5.97 Å². The number of fused-ring (bicyclic) bond motifs is 2. The highest BCUT2D eigenvalue weighted by Crippen LogP contribution is 2.29. The van der Waals surface area contributed by atoms with Crippen molar-refractivity contribution < 1.29 is 14.3 Å². The minimum absolute atomic E-state index is 0.0921. The summed E-state index contributed by atoms with van der Waals surface area (Å²) in [7, 11) is 0. The number of ether oxygens (including phenoxy) is 1. The third-order valence-electron chi connectivity index (χ3n) is 5.54. The van der Waals surface area contributed by atoms with Crippen molar-refractivity contribution in [1.29, 1.82) is 0 Å². The zero-order valence-electron chi connectivity index (χ0n) is 17.7. The van der Waals surface area contributed by atoms with Crippen LogP contribution in [0.15, 0.2) is 29.1 Å². The molecule has 2 aromatic heterocycles. The molecule has 1 aliphatic heterocycles. The van der Waals surface area contributed by atoms with Crippen LogP contribution in [-0.4, -0.2) is 28.0 Å². The fraction of sp³-hybridized carbons (Fsp3) is 0.391. The van der Waals surface area contributed by atoms with Crippen molar-refractivity contribution >= 4 is 33.4 Å². The fourth-order valence-electron chi connectivity index (χ4n) is 3.76. The van der Waals surface area contributed by atoms with Gasteiger partial charge in [-0.1, -0.05) is 36.2 Å². The van der Waals surface area contributed by atoms with E-state index in [1.807, 2.05) is 31.2 Å². The van der Waals surface area contributed by atoms with Crippen LogP contribution >= 0.6 is 11.3 Å². The minimum atomic E-state index is -0.606. The number of carbonyl (C=O) groups excluding carboxylic acids is 2. The Bertz CT molecular complexity index is 1190. The maximum absolute atomic E-state index is 13.0. The number of amides is 1. The molecule has 3 aromatic rings. The molecule has 8 heteroatoms. The molecule has 0 aliphatic carbocycles. The van der Waals surface area contributed by atoms with Gasteiger partial charge in [-0.3, -0.25) is 14.2 Å². The van der Waals surface area contributed by atoms with Crippen LogP contribution in [0.2, 0.25) is 0 Å². The molecule has 0 atom stereocenters. The number of benzene rings is 1. The van der Waals surface area contributed by atoms with Gasteiger partial charge in [-0.15, -0.1) is 11.3 Å². The van der Waals surface area contributed by atoms with E-state index in [4.69, 9.17) is 4.74 Å². The lowest BCUT2D eigenvalue weighted by atomic mass is 10.1. The van der Waals surface area contributed by atoms with E-state index in [0.29, 0.717) is 33.7 Å². The summed E-state index contributed by atoms with van der Waals surface area (Å²) in [5, 5.41) is 3.22. The van der Waals surface area contributed by atoms with E-state index in [2.05, 4.69) is 10.3 Å². The van der Waals surface area contributed by atoms with E-state index in [1.165, 1.54) is 0 Å². The van der Waals surface area contributed by atoms with Crippen LogP contribution in [0, 0.1) is 13.8 Å². The van der Waals surface area contributed by atoms with E-state index in [9.17, 15) is 14.4 Å². The van der Waals surface area contributed by atoms with Gasteiger partial charge in [0.15, 0.2) is 6.61 Å². The Morgan fingerprint density at radius 3 is 2.71 bits per heavy atom. The van der Waals surface area contributed by atoms with Crippen LogP contribution in [0.1, 0.15) is 51.4 Å². The fourth-order valence-corrected chi connectivity index (χ4v) is 4.84. The van der Waals surface area contributed by atoms with Crippen LogP contribution in [0.5, 0.6) is 0 Å². The second kappa shape index (κ2) is 9.01. The first-order chi connectivity index (χ1) is 14.9. The molecule has 1 amide bonds. The van der Waals surface area contributed by atoms with Crippen LogP contribution in [0.3, 0.4) is 0 Å². The van der Waals surface area contributed by atoms with E-state index >= 15 is 0 Å². The second-order valence-electron chi connectivity index (χ2n) is 7.87. The maximum atomic E-state index is 13.0. The lowest BCUT2D eigenvalue weighted by Gasteiger charge is -2.08. The lowest BCUT2D eigenvalue weighted by Crippen LogP contribution is -2.28. The van der Waals surface area contributed by atoms with Crippen LogP contribution in [-0.2, 0) is 29.0 Å². The molecule has 1 N–H and O–H groups in total. The summed E-state index contributed by atoms with van der Waals surface area (Å²) in [5.74, 6) is -0.199. The van der Waals surface area contributed by atoms with Crippen LogP contribution in [0.4, 0.5) is 0 Å². The average Bonchev–Trinajstić information content (AvgIpc) is 2.93. The summed E-state index contributed by atoms with van der Waals surface area (Å²) in [4.78, 5) is 43.2. The molecule has 1 aromatic carbocycles. The van der Waals surface area contributed by atoms with Gasteiger partial charge in [-0.2, -0.15) is 0 Å². The molecular weight excluding hydrogens is 414 g/mol. The maximum Gasteiger partial charge on any atom is 0.349 e. The van der Waals surface area contributed by atoms with Gasteiger partial charge < -0.3 is 10.1 Å². The second-order valence-corrected chi connectivity index (χ2v) is 8.87. The molecule has 0 radical (unpaired) electrons. The van der Waals surface area contributed by atoms with Gasteiger partial charge in [0.2, 0.25) is 0 Å². The number of carbonyl (C=O) groups is 2. The molecule has 0 fully saturated rings. The first-order valence-corrected chi connectivity index (χ1v) is 11.3. The Balaban J connectivity index is 1.44. The Morgan fingerprint density at radius 2 is 1.94 bits per heavy atom. The molecule has 162 valence electrons. The Morgan fingerprint density at radius 1 is 1.16 bits per heavy atom. The third-order valence-corrected chi connectivity index (χ3v) is 6.71. The number of nitrogens with zero attached hydrogens (tertiary/aromatic N) is 2. The molecule has 31 heavy (non-hydrogen) atoms. The normalized spacial score (nSPS) is 13.5. The van der Waals surface area contributed by atoms with Crippen molar-refractivity contribution in [1.82, 2.24) is 14.9 Å². The summed E-state index contributed by atoms with van der Waals surface area (Å²) < 4.78 is 6.95. The lowest BCUT2D eigenvalue weighted by molar-refractivity contribution is -0.124. The van der Waals surface area contributed by atoms with Crippen LogP contribution in [0.25, 0.3) is 10.2 Å². The molecular formula is C23H25N3O4S. The summed E-state index contributed by atoms with van der Waals surface area (Å²) in [5.41, 5.74) is 2.60. The van der Waals surface area contributed by atoms with Crippen LogP contribution < -0.4 is 10.9 Å². The van der Waals surface area contributed by atoms with E-state index in [0.717, 1.165) is 54.0 Å².